The lowest BCUT2D eigenvalue weighted by Gasteiger charge is -2.42. The first-order valence-corrected chi connectivity index (χ1v) is 9.01. The number of carboxylic acid groups (broad SMARTS) is 1. The molecule has 138 valence electrons. The number of aliphatic hydroxyl groups excluding tert-OH is 1. The van der Waals surface area contributed by atoms with Crippen molar-refractivity contribution in [2.45, 2.75) is 51.5 Å². The van der Waals surface area contributed by atoms with Crippen LogP contribution in [0.5, 0.6) is 0 Å². The molecule has 2 N–H and O–H groups in total. The highest BCUT2D eigenvalue weighted by Crippen LogP contribution is 2.23. The zero-order chi connectivity index (χ0) is 17.8. The summed E-state index contributed by atoms with van der Waals surface area (Å²) in [5.41, 5.74) is 0. The van der Waals surface area contributed by atoms with Crippen LogP contribution in [0.15, 0.2) is 12.2 Å². The highest BCUT2D eigenvalue weighted by Gasteiger charge is 2.29. The van der Waals surface area contributed by atoms with Crippen LogP contribution in [0, 0.1) is 5.92 Å². The smallest absolute Gasteiger partial charge is 0.290 e. The van der Waals surface area contributed by atoms with Gasteiger partial charge in [0.15, 0.2) is 0 Å². The average molecular weight is 340 g/mol. The molecule has 2 aliphatic rings. The third kappa shape index (κ3) is 7.01. The van der Waals surface area contributed by atoms with Crippen LogP contribution >= 0.6 is 0 Å². The molecule has 6 heteroatoms. The lowest BCUT2D eigenvalue weighted by molar-refractivity contribution is -0.132. The van der Waals surface area contributed by atoms with Gasteiger partial charge in [-0.1, -0.05) is 19.1 Å². The van der Waals surface area contributed by atoms with Crippen LogP contribution in [0.1, 0.15) is 45.4 Å². The maximum Gasteiger partial charge on any atom is 0.290 e. The molecule has 6 nitrogen and oxygen atoms in total. The number of hydrogen-bond acceptors (Lipinski definition) is 4. The Hall–Kier alpha value is -1.40. The highest BCUT2D eigenvalue weighted by molar-refractivity contribution is 5.77. The van der Waals surface area contributed by atoms with E-state index in [-0.39, 0.29) is 12.4 Å². The van der Waals surface area contributed by atoms with E-state index in [1.165, 1.54) is 6.42 Å². The Morgan fingerprint density at radius 3 is 2.42 bits per heavy atom. The minimum Gasteiger partial charge on any atom is -0.483 e. The summed E-state index contributed by atoms with van der Waals surface area (Å²) in [7, 11) is 0. The van der Waals surface area contributed by atoms with E-state index in [1.54, 1.807) is 0 Å². The van der Waals surface area contributed by atoms with E-state index in [2.05, 4.69) is 17.9 Å². The number of aliphatic hydroxyl groups is 1. The molecule has 0 radical (unpaired) electrons. The van der Waals surface area contributed by atoms with Crippen molar-refractivity contribution in [1.82, 2.24) is 9.80 Å². The number of piperidine rings is 2. The SMILES string of the molecule is CCC=CCC(=O)N1CCC(N2CCCC(CO)C2)CC1.O=CO. The van der Waals surface area contributed by atoms with Crippen molar-refractivity contribution >= 4 is 12.4 Å². The Labute approximate surface area is 145 Å². The number of likely N-dealkylation sites (tertiary alicyclic amines) is 2. The predicted octanol–water partition coefficient (Wildman–Crippen LogP) is 1.74. The molecule has 0 aliphatic carbocycles. The van der Waals surface area contributed by atoms with Gasteiger partial charge in [0, 0.05) is 38.7 Å². The maximum atomic E-state index is 12.1. The molecule has 2 fully saturated rings. The summed E-state index contributed by atoms with van der Waals surface area (Å²) in [5.74, 6) is 0.725. The van der Waals surface area contributed by atoms with Crippen molar-refractivity contribution < 1.29 is 19.8 Å². The molecule has 1 amide bonds. The lowest BCUT2D eigenvalue weighted by atomic mass is 9.94. The Balaban J connectivity index is 0.000000891. The summed E-state index contributed by atoms with van der Waals surface area (Å²) >= 11 is 0. The number of nitrogens with zero attached hydrogens (tertiary/aromatic N) is 2. The van der Waals surface area contributed by atoms with Crippen molar-refractivity contribution in [3.05, 3.63) is 12.2 Å². The minimum absolute atomic E-state index is 0.250. The fourth-order valence-electron chi connectivity index (χ4n) is 3.54. The van der Waals surface area contributed by atoms with Crippen LogP contribution in [0.2, 0.25) is 0 Å². The van der Waals surface area contributed by atoms with Gasteiger partial charge in [-0.3, -0.25) is 14.5 Å². The maximum absolute atomic E-state index is 12.1. The van der Waals surface area contributed by atoms with Gasteiger partial charge < -0.3 is 15.1 Å². The van der Waals surface area contributed by atoms with Crippen molar-refractivity contribution in [3.63, 3.8) is 0 Å². The van der Waals surface area contributed by atoms with Crippen LogP contribution in [-0.2, 0) is 9.59 Å². The van der Waals surface area contributed by atoms with E-state index < -0.39 is 0 Å². The predicted molar refractivity (Wildman–Crippen MR) is 93.7 cm³/mol. The van der Waals surface area contributed by atoms with Gasteiger partial charge in [-0.25, -0.2) is 0 Å². The summed E-state index contributed by atoms with van der Waals surface area (Å²) in [4.78, 5) is 25.0. The molecule has 0 aromatic carbocycles. The summed E-state index contributed by atoms with van der Waals surface area (Å²) in [6, 6.07) is 0.606. The molecule has 0 aromatic rings. The summed E-state index contributed by atoms with van der Waals surface area (Å²) in [5, 5.41) is 16.2. The van der Waals surface area contributed by atoms with Crippen molar-refractivity contribution in [1.29, 1.82) is 0 Å². The Morgan fingerprint density at radius 2 is 1.83 bits per heavy atom. The molecule has 0 bridgehead atoms. The standard InChI is InChI=1S/C17H30N2O2.CH2O2/c1-2-3-4-7-17(21)18-11-8-16(9-12-18)19-10-5-6-15(13-19)14-20;2-1-3/h3-4,15-16,20H,2,5-14H2,1H3;1H,(H,2,3). The van der Waals surface area contributed by atoms with E-state index in [9.17, 15) is 9.90 Å². The van der Waals surface area contributed by atoms with Crippen molar-refractivity contribution in [2.24, 2.45) is 5.92 Å². The molecule has 1 unspecified atom stereocenters. The lowest BCUT2D eigenvalue weighted by Crippen LogP contribution is -2.50. The third-order valence-corrected chi connectivity index (χ3v) is 4.84. The third-order valence-electron chi connectivity index (χ3n) is 4.84. The number of carbonyl (C=O) groups is 2. The van der Waals surface area contributed by atoms with Gasteiger partial charge in [0.1, 0.15) is 0 Å². The fraction of sp³-hybridized carbons (Fsp3) is 0.778. The van der Waals surface area contributed by atoms with E-state index in [0.717, 1.165) is 51.9 Å². The van der Waals surface area contributed by atoms with Crippen LogP contribution in [0.3, 0.4) is 0 Å². The van der Waals surface area contributed by atoms with Gasteiger partial charge in [-0.05, 0) is 44.6 Å². The summed E-state index contributed by atoms with van der Waals surface area (Å²) in [6.45, 7) is 6.14. The average Bonchev–Trinajstić information content (AvgIpc) is 2.63. The van der Waals surface area contributed by atoms with Gasteiger partial charge in [0.2, 0.25) is 5.91 Å². The molecule has 1 atom stereocenters. The first-order valence-electron chi connectivity index (χ1n) is 9.01. The van der Waals surface area contributed by atoms with Crippen LogP contribution in [0.4, 0.5) is 0 Å². The quantitative estimate of drug-likeness (QED) is 0.588. The zero-order valence-corrected chi connectivity index (χ0v) is 14.8. The van der Waals surface area contributed by atoms with Gasteiger partial charge in [-0.15, -0.1) is 0 Å². The molecule has 0 spiro atoms. The Kier molecular flexibility index (Phi) is 10.4. The molecule has 0 aromatic heterocycles. The second kappa shape index (κ2) is 12.0. The second-order valence-corrected chi connectivity index (χ2v) is 6.49. The number of carbonyl (C=O) groups excluding carboxylic acids is 1. The monoisotopic (exact) mass is 340 g/mol. The number of rotatable bonds is 5. The number of allylic oxidation sites excluding steroid dienone is 1. The zero-order valence-electron chi connectivity index (χ0n) is 14.8. The molecular weight excluding hydrogens is 308 g/mol. The fourth-order valence-corrected chi connectivity index (χ4v) is 3.54. The summed E-state index contributed by atoms with van der Waals surface area (Å²) < 4.78 is 0. The normalized spacial score (nSPS) is 22.9. The molecular formula is C18H32N2O4. The molecule has 0 saturated carbocycles. The van der Waals surface area contributed by atoms with Crippen molar-refractivity contribution in [3.8, 4) is 0 Å². The molecule has 2 heterocycles. The van der Waals surface area contributed by atoms with E-state index in [0.29, 0.717) is 25.0 Å². The second-order valence-electron chi connectivity index (χ2n) is 6.49. The van der Waals surface area contributed by atoms with Gasteiger partial charge in [-0.2, -0.15) is 0 Å². The van der Waals surface area contributed by atoms with Crippen LogP contribution < -0.4 is 0 Å². The van der Waals surface area contributed by atoms with Crippen LogP contribution in [-0.4, -0.2) is 71.2 Å². The molecule has 2 saturated heterocycles. The Bertz CT molecular complexity index is 392. The first-order chi connectivity index (χ1) is 11.7. The van der Waals surface area contributed by atoms with E-state index in [4.69, 9.17) is 9.90 Å². The number of hydrogen-bond donors (Lipinski definition) is 2. The van der Waals surface area contributed by atoms with Crippen LogP contribution in [0.25, 0.3) is 0 Å². The van der Waals surface area contributed by atoms with Gasteiger partial charge in [0.05, 0.1) is 0 Å². The molecule has 2 rings (SSSR count). The highest BCUT2D eigenvalue weighted by atomic mass is 16.3. The Morgan fingerprint density at radius 1 is 1.17 bits per heavy atom. The van der Waals surface area contributed by atoms with Crippen molar-refractivity contribution in [2.75, 3.05) is 32.8 Å². The number of amides is 1. The molecule has 24 heavy (non-hydrogen) atoms. The minimum atomic E-state index is -0.250. The van der Waals surface area contributed by atoms with E-state index >= 15 is 0 Å². The topological polar surface area (TPSA) is 81.1 Å². The van der Waals surface area contributed by atoms with Gasteiger partial charge >= 0.3 is 0 Å². The largest absolute Gasteiger partial charge is 0.483 e. The molecule has 2 aliphatic heterocycles. The van der Waals surface area contributed by atoms with E-state index in [1.807, 2.05) is 11.0 Å². The first kappa shape index (κ1) is 20.6. The summed E-state index contributed by atoms with van der Waals surface area (Å²) in [6.07, 6.45) is 10.1. The van der Waals surface area contributed by atoms with Gasteiger partial charge in [0.25, 0.3) is 6.47 Å².